The largest absolute Gasteiger partial charge is 0.464 e. The van der Waals surface area contributed by atoms with E-state index < -0.39 is 10.9 Å². The maximum Gasteiger partial charge on any atom is 0.390 e. The fraction of sp³-hybridized carbons (Fsp3) is 0.333. The molecule has 7 nitrogen and oxygen atoms in total. The Morgan fingerprint density at radius 3 is 2.77 bits per heavy atom. The number of ether oxygens (including phenoxy) is 1. The van der Waals surface area contributed by atoms with Crippen molar-refractivity contribution in [2.75, 3.05) is 7.11 Å². The summed E-state index contributed by atoms with van der Waals surface area (Å²) in [7, 11) is 2.63. The first kappa shape index (κ1) is 9.17. The van der Waals surface area contributed by atoms with Crippen molar-refractivity contribution in [3.8, 4) is 0 Å². The molecular formula is C6H7N3O4. The van der Waals surface area contributed by atoms with Gasteiger partial charge in [-0.2, -0.15) is 4.68 Å². The number of hydrogen-bond donors (Lipinski definition) is 0. The zero-order chi connectivity index (χ0) is 10.0. The SMILES string of the molecule is COC(=O)c1cc([N+](=O)[O-])nn1C. The van der Waals surface area contributed by atoms with Gasteiger partial charge in [-0.05, 0) is 4.92 Å². The third kappa shape index (κ3) is 1.63. The highest BCUT2D eigenvalue weighted by Crippen LogP contribution is 2.11. The van der Waals surface area contributed by atoms with Crippen LogP contribution in [0.1, 0.15) is 10.5 Å². The van der Waals surface area contributed by atoms with Crippen LogP contribution in [-0.2, 0) is 11.8 Å². The molecular weight excluding hydrogens is 178 g/mol. The van der Waals surface area contributed by atoms with E-state index in [4.69, 9.17) is 0 Å². The Balaban J connectivity index is 3.10. The average molecular weight is 185 g/mol. The molecule has 13 heavy (non-hydrogen) atoms. The van der Waals surface area contributed by atoms with Gasteiger partial charge >= 0.3 is 11.8 Å². The lowest BCUT2D eigenvalue weighted by molar-refractivity contribution is -0.389. The molecule has 0 aromatic carbocycles. The monoisotopic (exact) mass is 185 g/mol. The number of esters is 1. The van der Waals surface area contributed by atoms with Crippen molar-refractivity contribution in [2.24, 2.45) is 7.05 Å². The minimum Gasteiger partial charge on any atom is -0.464 e. The van der Waals surface area contributed by atoms with Crippen LogP contribution in [0.25, 0.3) is 0 Å². The standard InChI is InChI=1S/C6H7N3O4/c1-8-4(6(10)13-2)3-5(7-8)9(11)12/h3H,1-2H3. The molecule has 1 heterocycles. The van der Waals surface area contributed by atoms with E-state index in [1.165, 1.54) is 14.2 Å². The number of methoxy groups -OCH3 is 1. The number of nitro groups is 1. The first-order chi connectivity index (χ1) is 6.06. The molecule has 7 heteroatoms. The molecule has 0 spiro atoms. The normalized spacial score (nSPS) is 9.69. The smallest absolute Gasteiger partial charge is 0.390 e. The van der Waals surface area contributed by atoms with E-state index in [0.717, 1.165) is 10.7 Å². The second-order valence-electron chi connectivity index (χ2n) is 2.26. The summed E-state index contributed by atoms with van der Waals surface area (Å²) in [5.41, 5.74) is 0.0502. The number of nitrogens with zero attached hydrogens (tertiary/aromatic N) is 3. The highest BCUT2D eigenvalue weighted by molar-refractivity contribution is 5.87. The summed E-state index contributed by atoms with van der Waals surface area (Å²) < 4.78 is 5.49. The fourth-order valence-electron chi connectivity index (χ4n) is 0.837. The van der Waals surface area contributed by atoms with E-state index in [1.807, 2.05) is 0 Å². The van der Waals surface area contributed by atoms with Crippen molar-refractivity contribution in [2.45, 2.75) is 0 Å². The van der Waals surface area contributed by atoms with Crippen LogP contribution in [-0.4, -0.2) is 27.8 Å². The van der Waals surface area contributed by atoms with Gasteiger partial charge in [-0.25, -0.2) is 4.79 Å². The van der Waals surface area contributed by atoms with Crippen LogP contribution in [0.3, 0.4) is 0 Å². The van der Waals surface area contributed by atoms with Crippen LogP contribution in [0.15, 0.2) is 6.07 Å². The Morgan fingerprint density at radius 2 is 2.38 bits per heavy atom. The maximum atomic E-state index is 11.0. The zero-order valence-electron chi connectivity index (χ0n) is 7.05. The van der Waals surface area contributed by atoms with Gasteiger partial charge in [-0.1, -0.05) is 0 Å². The second kappa shape index (κ2) is 3.21. The lowest BCUT2D eigenvalue weighted by Gasteiger charge is -1.93. The van der Waals surface area contributed by atoms with E-state index in [2.05, 4.69) is 9.84 Å². The first-order valence-corrected chi connectivity index (χ1v) is 3.33. The summed E-state index contributed by atoms with van der Waals surface area (Å²) in [4.78, 5) is 20.5. The Morgan fingerprint density at radius 1 is 1.77 bits per heavy atom. The van der Waals surface area contributed by atoms with Gasteiger partial charge in [0, 0.05) is 0 Å². The van der Waals surface area contributed by atoms with E-state index in [1.54, 1.807) is 0 Å². The summed E-state index contributed by atoms with van der Waals surface area (Å²) in [6.07, 6.45) is 0. The highest BCUT2D eigenvalue weighted by Gasteiger charge is 2.20. The third-order valence-corrected chi connectivity index (χ3v) is 1.45. The Bertz CT molecular complexity index is 357. The Hall–Kier alpha value is -1.92. The van der Waals surface area contributed by atoms with Crippen molar-refractivity contribution in [3.05, 3.63) is 21.9 Å². The first-order valence-electron chi connectivity index (χ1n) is 3.33. The molecule has 0 N–H and O–H groups in total. The highest BCUT2D eigenvalue weighted by atomic mass is 16.6. The van der Waals surface area contributed by atoms with Crippen molar-refractivity contribution in [1.82, 2.24) is 9.78 Å². The number of aryl methyl sites for hydroxylation is 1. The quantitative estimate of drug-likeness (QED) is 0.371. The van der Waals surface area contributed by atoms with Crippen molar-refractivity contribution < 1.29 is 14.5 Å². The van der Waals surface area contributed by atoms with Gasteiger partial charge in [-0.3, -0.25) is 0 Å². The van der Waals surface area contributed by atoms with Crippen molar-refractivity contribution >= 4 is 11.8 Å². The third-order valence-electron chi connectivity index (χ3n) is 1.45. The van der Waals surface area contributed by atoms with E-state index in [-0.39, 0.29) is 11.5 Å². The molecule has 1 aromatic rings. The molecule has 0 amide bonds. The Labute approximate surface area is 73.1 Å². The molecule has 0 radical (unpaired) electrons. The van der Waals surface area contributed by atoms with Crippen LogP contribution in [0, 0.1) is 10.1 Å². The van der Waals surface area contributed by atoms with Crippen LogP contribution in [0.2, 0.25) is 0 Å². The number of rotatable bonds is 2. The minimum absolute atomic E-state index is 0.0502. The van der Waals surface area contributed by atoms with Crippen LogP contribution < -0.4 is 0 Å². The molecule has 0 unspecified atom stereocenters. The number of hydrogen-bond acceptors (Lipinski definition) is 5. The van der Waals surface area contributed by atoms with Gasteiger partial charge in [0.25, 0.3) is 0 Å². The molecule has 0 saturated heterocycles. The molecule has 0 fully saturated rings. The fourth-order valence-corrected chi connectivity index (χ4v) is 0.837. The van der Waals surface area contributed by atoms with Gasteiger partial charge in [0.1, 0.15) is 0 Å². The number of carbonyl (C=O) groups is 1. The van der Waals surface area contributed by atoms with E-state index in [9.17, 15) is 14.9 Å². The van der Waals surface area contributed by atoms with Crippen molar-refractivity contribution in [1.29, 1.82) is 0 Å². The van der Waals surface area contributed by atoms with Gasteiger partial charge in [-0.15, -0.1) is 0 Å². The Kier molecular flexibility index (Phi) is 2.27. The van der Waals surface area contributed by atoms with E-state index in [0.29, 0.717) is 0 Å². The van der Waals surface area contributed by atoms with Gasteiger partial charge in [0.2, 0.25) is 0 Å². The van der Waals surface area contributed by atoms with Crippen molar-refractivity contribution in [3.63, 3.8) is 0 Å². The number of aromatic nitrogens is 2. The maximum absolute atomic E-state index is 11.0. The van der Waals surface area contributed by atoms with Gasteiger partial charge in [0.15, 0.2) is 5.69 Å². The molecule has 0 saturated carbocycles. The lowest BCUT2D eigenvalue weighted by Crippen LogP contribution is -2.07. The topological polar surface area (TPSA) is 87.3 Å². The molecule has 0 aliphatic rings. The van der Waals surface area contributed by atoms with Crippen LogP contribution in [0.5, 0.6) is 0 Å². The van der Waals surface area contributed by atoms with Crippen LogP contribution in [0.4, 0.5) is 5.82 Å². The van der Waals surface area contributed by atoms with Gasteiger partial charge < -0.3 is 14.9 Å². The average Bonchev–Trinajstić information content (AvgIpc) is 2.46. The predicted molar refractivity (Wildman–Crippen MR) is 41.2 cm³/mol. The van der Waals surface area contributed by atoms with Gasteiger partial charge in [0.05, 0.1) is 25.3 Å². The molecule has 0 aliphatic heterocycles. The lowest BCUT2D eigenvalue weighted by atomic mass is 10.4. The number of carbonyl (C=O) groups excluding carboxylic acids is 1. The molecule has 0 bridgehead atoms. The molecule has 1 rings (SSSR count). The summed E-state index contributed by atoms with van der Waals surface area (Å²) in [6.45, 7) is 0. The summed E-state index contributed by atoms with van der Waals surface area (Å²) in [6, 6.07) is 1.06. The molecule has 0 aliphatic carbocycles. The summed E-state index contributed by atoms with van der Waals surface area (Å²) in [5.74, 6) is -1.02. The molecule has 70 valence electrons. The zero-order valence-corrected chi connectivity index (χ0v) is 7.05. The van der Waals surface area contributed by atoms with E-state index >= 15 is 0 Å². The van der Waals surface area contributed by atoms with Crippen LogP contribution >= 0.6 is 0 Å². The summed E-state index contributed by atoms with van der Waals surface area (Å²) >= 11 is 0. The molecule has 1 aromatic heterocycles. The summed E-state index contributed by atoms with van der Waals surface area (Å²) in [5, 5.41) is 13.8. The molecule has 0 atom stereocenters. The predicted octanol–water partition coefficient (Wildman–Crippen LogP) is 0.115. The minimum atomic E-state index is -0.674. The second-order valence-corrected chi connectivity index (χ2v) is 2.26.